The highest BCUT2D eigenvalue weighted by Crippen LogP contribution is 2.91. The second-order valence-electron chi connectivity index (χ2n) is 19.9. The minimum atomic E-state index is -0.451. The number of hydrogen-bond acceptors (Lipinski definition) is 1. The fraction of sp³-hybridized carbons (Fsp3) is 0.481. The van der Waals surface area contributed by atoms with Crippen molar-refractivity contribution in [3.8, 4) is 0 Å². The Bertz CT molecular complexity index is 2130. The summed E-state index contributed by atoms with van der Waals surface area (Å²) in [6, 6.07) is 47.6. The van der Waals surface area contributed by atoms with Crippen LogP contribution in [0.2, 0.25) is 0 Å². The van der Waals surface area contributed by atoms with E-state index in [4.69, 9.17) is 4.74 Å². The molecule has 4 aromatic rings. The van der Waals surface area contributed by atoms with E-state index in [1.165, 1.54) is 22.3 Å². The van der Waals surface area contributed by atoms with Crippen molar-refractivity contribution in [2.75, 3.05) is 0 Å². The van der Waals surface area contributed by atoms with Crippen LogP contribution in [0, 0.1) is 59.2 Å². The molecule has 1 spiro atoms. The van der Waals surface area contributed by atoms with Gasteiger partial charge >= 0.3 is 0 Å². The number of hydrogen-bond donors (Lipinski definition) is 0. The summed E-state index contributed by atoms with van der Waals surface area (Å²) in [6.07, 6.45) is 0. The largest absolute Gasteiger partial charge is 0.352 e. The van der Waals surface area contributed by atoms with E-state index in [9.17, 15) is 0 Å². The summed E-state index contributed by atoms with van der Waals surface area (Å²) in [7, 11) is 0. The molecule has 6 aliphatic carbocycles. The molecule has 4 aromatic carbocycles. The summed E-state index contributed by atoms with van der Waals surface area (Å²) >= 11 is 0. The third-order valence-corrected chi connectivity index (χ3v) is 19.8. The highest BCUT2D eigenvalue weighted by molar-refractivity contribution is 5.83. The van der Waals surface area contributed by atoms with E-state index in [0.29, 0.717) is 59.2 Å². The molecule has 0 N–H and O–H groups in total. The van der Waals surface area contributed by atoms with E-state index in [1.54, 1.807) is 22.3 Å². The molecule has 16 atom stereocenters. The molecule has 1 heterocycles. The van der Waals surface area contributed by atoms with Crippen molar-refractivity contribution in [1.29, 1.82) is 0 Å². The third-order valence-electron chi connectivity index (χ3n) is 19.8. The van der Waals surface area contributed by atoms with Crippen LogP contribution < -0.4 is 0 Å². The molecule has 282 valence electrons. The van der Waals surface area contributed by atoms with Crippen molar-refractivity contribution in [3.63, 3.8) is 0 Å². The molecule has 1 saturated heterocycles. The highest BCUT2D eigenvalue weighted by atomic mass is 16.6. The first-order valence-electron chi connectivity index (χ1n) is 21.9. The van der Waals surface area contributed by atoms with Gasteiger partial charge in [0.05, 0.1) is 0 Å². The van der Waals surface area contributed by atoms with Gasteiger partial charge in [-0.25, -0.2) is 0 Å². The molecule has 1 nitrogen and oxygen atoms in total. The van der Waals surface area contributed by atoms with E-state index in [1.807, 2.05) is 0 Å². The summed E-state index contributed by atoms with van der Waals surface area (Å²) in [5.41, 5.74) is 11.4. The summed E-state index contributed by atoms with van der Waals surface area (Å²) in [5.74, 6) is 3.89. The molecule has 0 radical (unpaired) electrons. The molecular formula is C54H60O. The number of benzene rings is 4. The average Bonchev–Trinajstić information content (AvgIpc) is 3.85. The Morgan fingerprint density at radius 3 is 0.836 bits per heavy atom. The van der Waals surface area contributed by atoms with E-state index in [-0.39, 0.29) is 27.3 Å². The topological polar surface area (TPSA) is 12.5 Å². The van der Waals surface area contributed by atoms with Crippen LogP contribution in [0.15, 0.2) is 144 Å². The van der Waals surface area contributed by atoms with Crippen LogP contribution in [0.4, 0.5) is 0 Å². The summed E-state index contributed by atoms with van der Waals surface area (Å²) in [4.78, 5) is 0. The van der Waals surface area contributed by atoms with Crippen molar-refractivity contribution in [3.05, 3.63) is 166 Å². The standard InChI is InChI=1S/C54H60O/c1-31-32(2)50(42-25-17-12-18-26-42)34(4)36(6)52(44-29-21-14-22-30-44)38(8)40(10)53-39(9)37(7)51(43-27-19-13-20-28-43)35(5)33(3)49(31,41-23-15-11-16-24-41)45-46(50)48(52)54(53,55-53)47(45)51/h11-40H,1-10H3/t31-,32?,33?,34-,35-,36+,37?,38?,39?,40+,49?,50?,51?,52?,53?,54?/m0/s1. The monoisotopic (exact) mass is 724 g/mol. The van der Waals surface area contributed by atoms with Crippen molar-refractivity contribution in [1.82, 2.24) is 0 Å². The van der Waals surface area contributed by atoms with E-state index in [0.717, 1.165) is 0 Å². The number of ether oxygens (including phenoxy) is 1. The van der Waals surface area contributed by atoms with Crippen LogP contribution in [0.5, 0.6) is 0 Å². The minimum Gasteiger partial charge on any atom is -0.352 e. The van der Waals surface area contributed by atoms with Gasteiger partial charge in [-0.2, -0.15) is 0 Å². The number of allylic oxidation sites excluding steroid dienone is 2. The van der Waals surface area contributed by atoms with Gasteiger partial charge in [0.2, 0.25) is 0 Å². The zero-order valence-corrected chi connectivity index (χ0v) is 34.7. The van der Waals surface area contributed by atoms with Crippen molar-refractivity contribution < 1.29 is 4.74 Å². The Kier molecular flexibility index (Phi) is 6.68. The van der Waals surface area contributed by atoms with Crippen molar-refractivity contribution in [2.24, 2.45) is 59.2 Å². The molecule has 0 aromatic heterocycles. The lowest BCUT2D eigenvalue weighted by Gasteiger charge is -2.69. The Morgan fingerprint density at radius 2 is 0.545 bits per heavy atom. The lowest BCUT2D eigenvalue weighted by atomic mass is 9.33. The fourth-order valence-corrected chi connectivity index (χ4v) is 17.4. The molecule has 11 rings (SSSR count). The van der Waals surface area contributed by atoms with Gasteiger partial charge in [0.25, 0.3) is 0 Å². The van der Waals surface area contributed by atoms with E-state index >= 15 is 0 Å². The Labute approximate surface area is 330 Å². The lowest BCUT2D eigenvalue weighted by molar-refractivity contribution is -0.0103. The van der Waals surface area contributed by atoms with Gasteiger partial charge in [-0.3, -0.25) is 0 Å². The van der Waals surface area contributed by atoms with Crippen LogP contribution in [-0.2, 0) is 26.4 Å². The maximum absolute atomic E-state index is 8.24. The molecule has 55 heavy (non-hydrogen) atoms. The summed E-state index contributed by atoms with van der Waals surface area (Å²) in [5, 5.41) is 0. The first-order valence-corrected chi connectivity index (χ1v) is 21.9. The normalized spacial score (nSPS) is 48.4. The van der Waals surface area contributed by atoms with Gasteiger partial charge in [-0.1, -0.05) is 191 Å². The first-order chi connectivity index (χ1) is 26.4. The summed E-state index contributed by atoms with van der Waals surface area (Å²) in [6.45, 7) is 26.5. The van der Waals surface area contributed by atoms with Gasteiger partial charge < -0.3 is 4.74 Å². The fourth-order valence-electron chi connectivity index (χ4n) is 17.4. The molecule has 1 heteroatoms. The number of epoxide rings is 1. The predicted molar refractivity (Wildman–Crippen MR) is 225 cm³/mol. The van der Waals surface area contributed by atoms with Gasteiger partial charge in [0.15, 0.2) is 0 Å². The van der Waals surface area contributed by atoms with E-state index in [2.05, 4.69) is 191 Å². The lowest BCUT2D eigenvalue weighted by Crippen LogP contribution is -2.68. The molecule has 4 fully saturated rings. The van der Waals surface area contributed by atoms with Crippen LogP contribution in [0.1, 0.15) is 91.5 Å². The van der Waals surface area contributed by atoms with Crippen LogP contribution >= 0.6 is 0 Å². The molecule has 3 saturated carbocycles. The van der Waals surface area contributed by atoms with Crippen LogP contribution in [0.25, 0.3) is 0 Å². The molecular weight excluding hydrogens is 665 g/mol. The summed E-state index contributed by atoms with van der Waals surface area (Å²) < 4.78 is 8.24. The third kappa shape index (κ3) is 3.14. The molecule has 1 aliphatic heterocycles. The minimum absolute atomic E-state index is 0.173. The molecule has 0 amide bonds. The maximum atomic E-state index is 8.24. The molecule has 0 bridgehead atoms. The quantitative estimate of drug-likeness (QED) is 0.191. The number of rotatable bonds is 4. The van der Waals surface area contributed by atoms with Crippen LogP contribution in [-0.4, -0.2) is 11.2 Å². The predicted octanol–water partition coefficient (Wildman–Crippen LogP) is 12.3. The van der Waals surface area contributed by atoms with Crippen LogP contribution in [0.3, 0.4) is 0 Å². The van der Waals surface area contributed by atoms with Gasteiger partial charge in [-0.05, 0) is 104 Å². The average molecular weight is 725 g/mol. The van der Waals surface area contributed by atoms with Crippen molar-refractivity contribution in [2.45, 2.75) is 102 Å². The SMILES string of the molecule is CC1[C@@H](C)C23OC24C2=C5C6=C4C(c4ccccc4)(C(C)C3C)[C@@H](C)C(C)C6(c3ccccc3)[C@@H](C)C(C)C5(c3ccccc3)[C@@H](C)[C@@H](C)C21c1ccccc1. The Balaban J connectivity index is 1.44. The smallest absolute Gasteiger partial charge is 0.144 e. The van der Waals surface area contributed by atoms with E-state index < -0.39 is 5.60 Å². The van der Waals surface area contributed by atoms with Gasteiger partial charge in [0.1, 0.15) is 11.2 Å². The van der Waals surface area contributed by atoms with Crippen molar-refractivity contribution >= 4 is 0 Å². The molecule has 7 aliphatic rings. The molecule has 11 unspecified atom stereocenters. The second-order valence-corrected chi connectivity index (χ2v) is 19.9. The first kappa shape index (κ1) is 34.6. The van der Waals surface area contributed by atoms with Gasteiger partial charge in [0, 0.05) is 21.7 Å². The van der Waals surface area contributed by atoms with Gasteiger partial charge in [-0.15, -0.1) is 0 Å². The highest BCUT2D eigenvalue weighted by Gasteiger charge is 2.94. The zero-order chi connectivity index (χ0) is 38.2. The maximum Gasteiger partial charge on any atom is 0.144 e. The second kappa shape index (κ2) is 10.6. The zero-order valence-electron chi connectivity index (χ0n) is 34.7. The Morgan fingerprint density at radius 1 is 0.309 bits per heavy atom. The Hall–Kier alpha value is -3.68.